The fourth-order valence-electron chi connectivity index (χ4n) is 2.58. The van der Waals surface area contributed by atoms with Crippen molar-refractivity contribution < 1.29 is 24.5 Å². The summed E-state index contributed by atoms with van der Waals surface area (Å²) < 4.78 is 5.06. The summed E-state index contributed by atoms with van der Waals surface area (Å²) in [6.45, 7) is 0. The van der Waals surface area contributed by atoms with Crippen LogP contribution >= 0.6 is 0 Å². The molecule has 0 spiro atoms. The molecule has 0 aliphatic carbocycles. The molecule has 3 aromatic rings. The molecule has 0 atom stereocenters. The Morgan fingerprint density at radius 1 is 0.731 bits per heavy atom. The van der Waals surface area contributed by atoms with Crippen LogP contribution in [0.3, 0.4) is 0 Å². The Kier molecular flexibility index (Phi) is 4.71. The number of hydrogen-bond donors (Lipinski definition) is 2. The molecular weight excluding hydrogens is 332 g/mol. The molecule has 0 radical (unpaired) electrons. The van der Waals surface area contributed by atoms with E-state index >= 15 is 0 Å². The number of phenols is 2. The van der Waals surface area contributed by atoms with Crippen molar-refractivity contribution in [1.82, 2.24) is 0 Å². The molecule has 3 rings (SSSR count). The summed E-state index contributed by atoms with van der Waals surface area (Å²) in [5.41, 5.74) is 0.583. The van der Waals surface area contributed by atoms with Gasteiger partial charge in [-0.25, -0.2) is 0 Å². The average molecular weight is 348 g/mol. The molecule has 0 heterocycles. The van der Waals surface area contributed by atoms with E-state index in [9.17, 15) is 19.8 Å². The van der Waals surface area contributed by atoms with Crippen LogP contribution < -0.4 is 4.74 Å². The number of aromatic hydroxyl groups is 2. The zero-order valence-corrected chi connectivity index (χ0v) is 14.0. The van der Waals surface area contributed by atoms with Gasteiger partial charge in [-0.2, -0.15) is 0 Å². The third kappa shape index (κ3) is 3.28. The van der Waals surface area contributed by atoms with E-state index in [0.717, 1.165) is 6.07 Å². The summed E-state index contributed by atoms with van der Waals surface area (Å²) >= 11 is 0. The second kappa shape index (κ2) is 7.11. The van der Waals surface area contributed by atoms with E-state index in [1.54, 1.807) is 54.6 Å². The van der Waals surface area contributed by atoms with Crippen LogP contribution in [0.4, 0.5) is 0 Å². The van der Waals surface area contributed by atoms with Crippen LogP contribution in [-0.2, 0) is 0 Å². The highest BCUT2D eigenvalue weighted by Gasteiger charge is 2.21. The number of carbonyl (C=O) groups is 2. The molecular formula is C21H16O5. The Morgan fingerprint density at radius 3 is 1.73 bits per heavy atom. The number of rotatable bonds is 5. The van der Waals surface area contributed by atoms with Crippen molar-refractivity contribution in [1.29, 1.82) is 0 Å². The van der Waals surface area contributed by atoms with Crippen molar-refractivity contribution in [3.8, 4) is 17.2 Å². The summed E-state index contributed by atoms with van der Waals surface area (Å²) in [5, 5.41) is 20.1. The van der Waals surface area contributed by atoms with Gasteiger partial charge < -0.3 is 14.9 Å². The zero-order chi connectivity index (χ0) is 18.7. The predicted octanol–water partition coefficient (Wildman–Crippen LogP) is 3.57. The minimum Gasteiger partial charge on any atom is -0.507 e. The third-order valence-electron chi connectivity index (χ3n) is 3.99. The predicted molar refractivity (Wildman–Crippen MR) is 96.1 cm³/mol. The summed E-state index contributed by atoms with van der Waals surface area (Å²) in [7, 11) is 1.52. The highest BCUT2D eigenvalue weighted by Crippen LogP contribution is 2.31. The maximum absolute atomic E-state index is 12.7. The highest BCUT2D eigenvalue weighted by molar-refractivity contribution is 6.15. The summed E-state index contributed by atoms with van der Waals surface area (Å²) in [5.74, 6) is -1.09. The number of ketones is 2. The van der Waals surface area contributed by atoms with Crippen LogP contribution in [-0.4, -0.2) is 28.9 Å². The van der Waals surface area contributed by atoms with Gasteiger partial charge in [0.1, 0.15) is 17.2 Å². The molecule has 0 saturated carbocycles. The van der Waals surface area contributed by atoms with E-state index in [1.807, 2.05) is 0 Å². The van der Waals surface area contributed by atoms with Crippen LogP contribution in [0.25, 0.3) is 0 Å². The molecule has 5 nitrogen and oxygen atoms in total. The average Bonchev–Trinajstić information content (AvgIpc) is 2.68. The largest absolute Gasteiger partial charge is 0.507 e. The van der Waals surface area contributed by atoms with E-state index in [1.165, 1.54) is 13.2 Å². The Labute approximate surface area is 150 Å². The molecule has 2 N–H and O–H groups in total. The minimum atomic E-state index is -0.465. The van der Waals surface area contributed by atoms with Crippen LogP contribution in [0.2, 0.25) is 0 Å². The monoisotopic (exact) mass is 348 g/mol. The molecule has 0 amide bonds. The fraction of sp³-hybridized carbons (Fsp3) is 0.0476. The van der Waals surface area contributed by atoms with E-state index in [0.29, 0.717) is 16.9 Å². The lowest BCUT2D eigenvalue weighted by atomic mass is 9.96. The van der Waals surface area contributed by atoms with E-state index < -0.39 is 17.3 Å². The zero-order valence-electron chi connectivity index (χ0n) is 14.0. The lowest BCUT2D eigenvalue weighted by Gasteiger charge is -2.10. The molecule has 26 heavy (non-hydrogen) atoms. The SMILES string of the molecule is COc1ccc(C(=O)c2cc(C(=O)c3ccccc3)c(O)cc2O)cc1. The smallest absolute Gasteiger partial charge is 0.196 e. The van der Waals surface area contributed by atoms with Crippen molar-refractivity contribution in [2.75, 3.05) is 7.11 Å². The van der Waals surface area contributed by atoms with Gasteiger partial charge in [0.2, 0.25) is 0 Å². The first-order valence-electron chi connectivity index (χ1n) is 7.85. The molecule has 0 aliphatic heterocycles. The minimum absolute atomic E-state index is 0.0501. The van der Waals surface area contributed by atoms with Crippen molar-refractivity contribution in [2.24, 2.45) is 0 Å². The normalized spacial score (nSPS) is 10.3. The van der Waals surface area contributed by atoms with E-state index in [2.05, 4.69) is 0 Å². The van der Waals surface area contributed by atoms with Gasteiger partial charge in [-0.15, -0.1) is 0 Å². The van der Waals surface area contributed by atoms with Gasteiger partial charge in [0.05, 0.1) is 18.2 Å². The van der Waals surface area contributed by atoms with Gasteiger partial charge in [0, 0.05) is 17.2 Å². The van der Waals surface area contributed by atoms with Crippen molar-refractivity contribution >= 4 is 11.6 Å². The molecule has 0 aliphatic rings. The molecule has 0 unspecified atom stereocenters. The van der Waals surface area contributed by atoms with Crippen molar-refractivity contribution in [2.45, 2.75) is 0 Å². The molecule has 130 valence electrons. The highest BCUT2D eigenvalue weighted by atomic mass is 16.5. The summed E-state index contributed by atoms with van der Waals surface area (Å²) in [6.07, 6.45) is 0. The van der Waals surface area contributed by atoms with Crippen molar-refractivity contribution in [3.63, 3.8) is 0 Å². The first-order chi connectivity index (χ1) is 12.5. The second-order valence-electron chi connectivity index (χ2n) is 5.64. The number of benzene rings is 3. The second-order valence-corrected chi connectivity index (χ2v) is 5.64. The molecule has 3 aromatic carbocycles. The van der Waals surface area contributed by atoms with E-state index in [4.69, 9.17) is 4.74 Å². The Bertz CT molecular complexity index is 960. The number of carbonyl (C=O) groups excluding carboxylic acids is 2. The Morgan fingerprint density at radius 2 is 1.23 bits per heavy atom. The van der Waals surface area contributed by atoms with Gasteiger partial charge in [-0.05, 0) is 30.3 Å². The maximum Gasteiger partial charge on any atom is 0.196 e. The molecule has 0 fully saturated rings. The van der Waals surface area contributed by atoms with E-state index in [-0.39, 0.29) is 16.9 Å². The molecule has 0 bridgehead atoms. The number of ether oxygens (including phenoxy) is 1. The lowest BCUT2D eigenvalue weighted by molar-refractivity contribution is 0.103. The van der Waals surface area contributed by atoms with Gasteiger partial charge >= 0.3 is 0 Å². The van der Waals surface area contributed by atoms with Crippen LogP contribution in [0.1, 0.15) is 31.8 Å². The fourth-order valence-corrected chi connectivity index (χ4v) is 2.58. The maximum atomic E-state index is 12.7. The van der Waals surface area contributed by atoms with Crippen LogP contribution in [0.15, 0.2) is 66.7 Å². The number of phenolic OH excluding ortho intramolecular Hbond substituents is 2. The Balaban J connectivity index is 2.02. The Hall–Kier alpha value is -3.60. The topological polar surface area (TPSA) is 83.8 Å². The van der Waals surface area contributed by atoms with Gasteiger partial charge in [-0.1, -0.05) is 30.3 Å². The van der Waals surface area contributed by atoms with Crippen molar-refractivity contribution in [3.05, 3.63) is 89.0 Å². The molecule has 0 aromatic heterocycles. The first-order valence-corrected chi connectivity index (χ1v) is 7.85. The quantitative estimate of drug-likeness (QED) is 0.689. The third-order valence-corrected chi connectivity index (χ3v) is 3.99. The molecule has 5 heteroatoms. The number of hydrogen-bond acceptors (Lipinski definition) is 5. The number of methoxy groups -OCH3 is 1. The van der Waals surface area contributed by atoms with Gasteiger partial charge in [0.15, 0.2) is 11.6 Å². The first kappa shape index (κ1) is 17.2. The van der Waals surface area contributed by atoms with Gasteiger partial charge in [0.25, 0.3) is 0 Å². The van der Waals surface area contributed by atoms with Gasteiger partial charge in [-0.3, -0.25) is 9.59 Å². The molecule has 0 saturated heterocycles. The lowest BCUT2D eigenvalue weighted by Crippen LogP contribution is -2.07. The van der Waals surface area contributed by atoms with Crippen LogP contribution in [0, 0.1) is 0 Å². The standard InChI is InChI=1S/C21H16O5/c1-26-15-9-7-14(8-10-15)21(25)17-11-16(18(22)12-19(17)23)20(24)13-5-3-2-4-6-13/h2-12,22-23H,1H3. The summed E-state index contributed by atoms with van der Waals surface area (Å²) in [6, 6.07) is 17.0. The van der Waals surface area contributed by atoms with Crippen LogP contribution in [0.5, 0.6) is 17.2 Å². The summed E-state index contributed by atoms with van der Waals surface area (Å²) in [4.78, 5) is 25.3.